The van der Waals surface area contributed by atoms with Gasteiger partial charge in [0.05, 0.1) is 12.1 Å². The second kappa shape index (κ2) is 11.7. The largest absolute Gasteiger partial charge is 0.444 e. The third kappa shape index (κ3) is 6.40. The summed E-state index contributed by atoms with van der Waals surface area (Å²) in [5.74, 6) is -1.41. The zero-order chi connectivity index (χ0) is 24.7. The van der Waals surface area contributed by atoms with E-state index in [1.807, 2.05) is 36.4 Å². The Morgan fingerprint density at radius 3 is 2.21 bits per heavy atom. The molecule has 0 aliphatic carbocycles. The van der Waals surface area contributed by atoms with Crippen molar-refractivity contribution in [1.82, 2.24) is 4.90 Å². The fourth-order valence-electron chi connectivity index (χ4n) is 3.54. The highest BCUT2D eigenvalue weighted by molar-refractivity contribution is 6.65. The maximum Gasteiger partial charge on any atom is 0.417 e. The monoisotopic (exact) mass is 486 g/mol. The van der Waals surface area contributed by atoms with E-state index in [4.69, 9.17) is 32.6 Å². The fourth-order valence-corrected chi connectivity index (χ4v) is 3.74. The van der Waals surface area contributed by atoms with Crippen LogP contribution >= 0.6 is 11.6 Å². The second-order valence-corrected chi connectivity index (χ2v) is 8.43. The van der Waals surface area contributed by atoms with Gasteiger partial charge in [0, 0.05) is 6.42 Å². The third-order valence-electron chi connectivity index (χ3n) is 5.28. The number of carbonyl (C=O) groups is 3. The average molecular weight is 487 g/mol. The quantitative estimate of drug-likeness (QED) is 0.554. The van der Waals surface area contributed by atoms with Crippen molar-refractivity contribution >= 4 is 34.6 Å². The Morgan fingerprint density at radius 1 is 1.09 bits per heavy atom. The Balaban J connectivity index is 1.90. The summed E-state index contributed by atoms with van der Waals surface area (Å²) in [6, 6.07) is 14.4. The van der Waals surface area contributed by atoms with E-state index in [1.54, 1.807) is 24.3 Å². The van der Waals surface area contributed by atoms with E-state index in [9.17, 15) is 14.4 Å². The van der Waals surface area contributed by atoms with Gasteiger partial charge in [0.1, 0.15) is 17.8 Å². The number of nitrogens with two attached hydrogens (primary N) is 2. The molecule has 0 aromatic heterocycles. The molecular formula is C24H27ClN4O5. The van der Waals surface area contributed by atoms with E-state index in [-0.39, 0.29) is 24.6 Å². The molecule has 0 fully saturated rings. The summed E-state index contributed by atoms with van der Waals surface area (Å²) in [5.41, 5.74) is 13.5. The maximum absolute atomic E-state index is 13.5. The number of ketones is 1. The highest BCUT2D eigenvalue weighted by atomic mass is 35.5. The molecule has 2 aromatic carbocycles. The van der Waals surface area contributed by atoms with Gasteiger partial charge >= 0.3 is 6.09 Å². The van der Waals surface area contributed by atoms with Crippen LogP contribution in [0.3, 0.4) is 0 Å². The molecule has 0 saturated heterocycles. The first-order valence-electron chi connectivity index (χ1n) is 10.8. The number of Topliss-reactive ketones (excluding diaryl/α,β-unsaturated/α-hetero) is 1. The first-order valence-corrected chi connectivity index (χ1v) is 11.2. The molecule has 3 rings (SSSR count). The summed E-state index contributed by atoms with van der Waals surface area (Å²) in [7, 11) is 0. The van der Waals surface area contributed by atoms with Gasteiger partial charge in [0.2, 0.25) is 5.91 Å². The van der Waals surface area contributed by atoms with Crippen LogP contribution in [-0.4, -0.2) is 52.1 Å². The van der Waals surface area contributed by atoms with Gasteiger partial charge < -0.3 is 21.0 Å². The van der Waals surface area contributed by atoms with Crippen LogP contribution in [0.25, 0.3) is 0 Å². The van der Waals surface area contributed by atoms with Crippen molar-refractivity contribution in [2.24, 2.45) is 16.6 Å². The van der Waals surface area contributed by atoms with Gasteiger partial charge in [-0.3, -0.25) is 9.59 Å². The molecule has 0 radical (unpaired) electrons. The van der Waals surface area contributed by atoms with Crippen LogP contribution in [0.15, 0.2) is 65.8 Å². The molecule has 4 atom stereocenters. The lowest BCUT2D eigenvalue weighted by molar-refractivity contribution is -0.144. The Morgan fingerprint density at radius 2 is 1.68 bits per heavy atom. The molecule has 1 heterocycles. The van der Waals surface area contributed by atoms with Gasteiger partial charge in [-0.2, -0.15) is 0 Å². The lowest BCUT2D eigenvalue weighted by Gasteiger charge is -2.33. The van der Waals surface area contributed by atoms with Crippen molar-refractivity contribution in [1.29, 1.82) is 0 Å². The van der Waals surface area contributed by atoms with Crippen molar-refractivity contribution in [2.75, 3.05) is 0 Å². The molecule has 34 heavy (non-hydrogen) atoms. The molecule has 0 spiro atoms. The molecule has 2 amide bonds. The van der Waals surface area contributed by atoms with Crippen LogP contribution in [-0.2, 0) is 32.2 Å². The van der Waals surface area contributed by atoms with Crippen molar-refractivity contribution in [2.45, 2.75) is 50.6 Å². The van der Waals surface area contributed by atoms with Crippen LogP contribution in [0.4, 0.5) is 4.79 Å². The normalized spacial score (nSPS) is 17.6. The summed E-state index contributed by atoms with van der Waals surface area (Å²) >= 11 is 5.95. The van der Waals surface area contributed by atoms with E-state index in [2.05, 4.69) is 5.16 Å². The van der Waals surface area contributed by atoms with Gasteiger partial charge in [0.15, 0.2) is 11.9 Å². The van der Waals surface area contributed by atoms with Gasteiger partial charge in [-0.05, 0) is 24.5 Å². The van der Waals surface area contributed by atoms with Crippen molar-refractivity contribution in [3.63, 3.8) is 0 Å². The van der Waals surface area contributed by atoms with Crippen molar-refractivity contribution in [3.8, 4) is 0 Å². The first kappa shape index (κ1) is 25.4. The number of benzene rings is 2. The summed E-state index contributed by atoms with van der Waals surface area (Å²) in [6.45, 7) is 1.34. The topological polar surface area (TPSA) is 137 Å². The lowest BCUT2D eigenvalue weighted by atomic mass is 9.96. The Hall–Kier alpha value is -3.27. The van der Waals surface area contributed by atoms with Crippen molar-refractivity contribution in [3.05, 3.63) is 71.8 Å². The minimum Gasteiger partial charge on any atom is -0.444 e. The number of amides is 2. The molecule has 180 valence electrons. The van der Waals surface area contributed by atoms with E-state index in [0.717, 1.165) is 5.56 Å². The SMILES string of the molecule is C[C@H](N)C(=O)C(C1CC(Cl)=NO1)N(C(=O)OCc1ccccc1)C(=O)[C@@H](N)Cc1ccccc1. The molecule has 4 N–H and O–H groups in total. The number of ether oxygens (including phenoxy) is 1. The maximum atomic E-state index is 13.5. The number of carbonyl (C=O) groups excluding carboxylic acids is 3. The Kier molecular flexibility index (Phi) is 8.75. The van der Waals surface area contributed by atoms with Crippen LogP contribution in [0.2, 0.25) is 0 Å². The minimum atomic E-state index is -1.42. The third-order valence-corrected chi connectivity index (χ3v) is 5.51. The molecule has 1 aliphatic rings. The van der Waals surface area contributed by atoms with E-state index in [0.29, 0.717) is 10.5 Å². The zero-order valence-electron chi connectivity index (χ0n) is 18.7. The summed E-state index contributed by atoms with van der Waals surface area (Å²) in [5, 5.41) is 3.76. The predicted octanol–water partition coefficient (Wildman–Crippen LogP) is 2.35. The number of imide groups is 1. The number of nitrogens with zero attached hydrogens (tertiary/aromatic N) is 2. The van der Waals surface area contributed by atoms with Gasteiger partial charge in [-0.1, -0.05) is 77.4 Å². The molecule has 10 heteroatoms. The molecule has 1 aliphatic heterocycles. The van der Waals surface area contributed by atoms with Gasteiger partial charge in [-0.25, -0.2) is 9.69 Å². The number of rotatable bonds is 9. The zero-order valence-corrected chi connectivity index (χ0v) is 19.4. The van der Waals surface area contributed by atoms with Crippen LogP contribution < -0.4 is 11.5 Å². The highest BCUT2D eigenvalue weighted by Crippen LogP contribution is 2.24. The number of hydrogen-bond acceptors (Lipinski definition) is 8. The van der Waals surface area contributed by atoms with Crippen LogP contribution in [0, 0.1) is 0 Å². The van der Waals surface area contributed by atoms with Crippen LogP contribution in [0.1, 0.15) is 24.5 Å². The number of halogens is 1. The molecule has 0 saturated carbocycles. The Labute approximate surface area is 202 Å². The smallest absolute Gasteiger partial charge is 0.417 e. The molecular weight excluding hydrogens is 460 g/mol. The highest BCUT2D eigenvalue weighted by Gasteiger charge is 2.46. The van der Waals surface area contributed by atoms with Crippen LogP contribution in [0.5, 0.6) is 0 Å². The summed E-state index contributed by atoms with van der Waals surface area (Å²) < 4.78 is 5.40. The van der Waals surface area contributed by atoms with Crippen molar-refractivity contribution < 1.29 is 24.0 Å². The molecule has 2 unspecified atom stereocenters. The van der Waals surface area contributed by atoms with E-state index < -0.39 is 42.0 Å². The molecule has 2 aromatic rings. The second-order valence-electron chi connectivity index (χ2n) is 8.00. The van der Waals surface area contributed by atoms with Gasteiger partial charge in [0.25, 0.3) is 0 Å². The standard InChI is InChI=1S/C24H27ClN4O5/c1-15(26)22(30)21(19-13-20(25)28-34-19)29(24(32)33-14-17-10-6-3-7-11-17)23(31)18(27)12-16-8-4-2-5-9-16/h2-11,15,18-19,21H,12-14,26-27H2,1H3/t15-,18-,19?,21?/m0/s1. The van der Waals surface area contributed by atoms with E-state index >= 15 is 0 Å². The summed E-state index contributed by atoms with van der Waals surface area (Å²) in [6.07, 6.45) is -1.88. The Bertz CT molecular complexity index is 1030. The first-order chi connectivity index (χ1) is 16.3. The number of hydrogen-bond donors (Lipinski definition) is 2. The molecule has 0 bridgehead atoms. The molecule has 9 nitrogen and oxygen atoms in total. The fraction of sp³-hybridized carbons (Fsp3) is 0.333. The predicted molar refractivity (Wildman–Crippen MR) is 127 cm³/mol. The summed E-state index contributed by atoms with van der Waals surface area (Å²) in [4.78, 5) is 45.8. The lowest BCUT2D eigenvalue weighted by Crippen LogP contribution is -2.61. The average Bonchev–Trinajstić information content (AvgIpc) is 3.27. The van der Waals surface area contributed by atoms with Gasteiger partial charge in [-0.15, -0.1) is 0 Å². The minimum absolute atomic E-state index is 0.0222. The van der Waals surface area contributed by atoms with E-state index in [1.165, 1.54) is 6.92 Å². The number of oxime groups is 1.